The number of nitrogens with two attached hydrogens (primary N) is 1. The number of carbonyl (C=O) groups is 4. The van der Waals surface area contributed by atoms with E-state index in [1.807, 2.05) is 6.26 Å². The monoisotopic (exact) mass is 460 g/mol. The van der Waals surface area contributed by atoms with Gasteiger partial charge in [0.15, 0.2) is 0 Å². The van der Waals surface area contributed by atoms with Crippen LogP contribution in [0, 0.1) is 0 Å². The maximum Gasteiger partial charge on any atom is 0.325 e. The van der Waals surface area contributed by atoms with Crippen molar-refractivity contribution >= 4 is 48.1 Å². The van der Waals surface area contributed by atoms with E-state index in [0.717, 1.165) is 0 Å². The Balaban J connectivity index is 2.72. The number of aliphatic carboxylic acids is 1. The van der Waals surface area contributed by atoms with E-state index in [1.165, 1.54) is 25.0 Å². The van der Waals surface area contributed by atoms with Crippen LogP contribution in [0.4, 0.5) is 0 Å². The molecule has 0 aliphatic heterocycles. The molecule has 1 rings (SSSR count). The first kappa shape index (κ1) is 25.8. The third-order valence-electron chi connectivity index (χ3n) is 4.12. The first-order chi connectivity index (χ1) is 14.2. The average molecular weight is 461 g/mol. The molecule has 0 aliphatic rings. The summed E-state index contributed by atoms with van der Waals surface area (Å²) in [6, 6.07) is -3.99. The summed E-state index contributed by atoms with van der Waals surface area (Å²) in [5.74, 6) is -2.43. The van der Waals surface area contributed by atoms with Crippen molar-refractivity contribution < 1.29 is 24.3 Å². The number of carboxylic acids is 1. The topological polar surface area (TPSA) is 179 Å². The van der Waals surface area contributed by atoms with Crippen LogP contribution in [0.15, 0.2) is 12.5 Å². The molecule has 168 valence electrons. The summed E-state index contributed by atoms with van der Waals surface area (Å²) in [5, 5.41) is 16.4. The van der Waals surface area contributed by atoms with E-state index in [2.05, 4.69) is 38.5 Å². The summed E-state index contributed by atoms with van der Waals surface area (Å²) in [7, 11) is 0. The number of thiol groups is 1. The van der Waals surface area contributed by atoms with Crippen LogP contribution in [-0.2, 0) is 25.6 Å². The minimum Gasteiger partial charge on any atom is -0.480 e. The van der Waals surface area contributed by atoms with E-state index >= 15 is 0 Å². The van der Waals surface area contributed by atoms with Gasteiger partial charge < -0.3 is 31.8 Å². The number of rotatable bonds is 13. The number of aromatic amines is 1. The molecule has 7 N–H and O–H groups in total. The minimum absolute atomic E-state index is 0.0171. The molecular weight excluding hydrogens is 432 g/mol. The number of hydrogen-bond acceptors (Lipinski definition) is 8. The second-order valence-corrected chi connectivity index (χ2v) is 7.89. The van der Waals surface area contributed by atoms with Gasteiger partial charge in [0, 0.05) is 24.1 Å². The molecule has 0 bridgehead atoms. The Morgan fingerprint density at radius 1 is 1.20 bits per heavy atom. The van der Waals surface area contributed by atoms with Crippen molar-refractivity contribution in [2.45, 2.75) is 43.9 Å². The minimum atomic E-state index is -1.19. The van der Waals surface area contributed by atoms with E-state index in [0.29, 0.717) is 11.4 Å². The van der Waals surface area contributed by atoms with E-state index < -0.39 is 47.9 Å². The predicted molar refractivity (Wildman–Crippen MR) is 116 cm³/mol. The van der Waals surface area contributed by atoms with Crippen LogP contribution in [0.1, 0.15) is 19.0 Å². The maximum absolute atomic E-state index is 12.6. The van der Waals surface area contributed by atoms with Gasteiger partial charge in [-0.05, 0) is 25.4 Å². The normalized spacial score (nSPS) is 14.8. The van der Waals surface area contributed by atoms with Crippen LogP contribution in [-0.4, -0.2) is 80.7 Å². The fraction of sp³-hybridized carbons (Fsp3) is 0.588. The van der Waals surface area contributed by atoms with Crippen LogP contribution in [0.5, 0.6) is 0 Å². The SMILES string of the molecule is CSCCC(NC(=O)C(CS)NC(=O)C(N)Cc1cnc[nH]1)C(=O)NC(C)C(=O)O. The molecule has 13 heteroatoms. The van der Waals surface area contributed by atoms with Gasteiger partial charge in [0.05, 0.1) is 12.4 Å². The van der Waals surface area contributed by atoms with Crippen molar-refractivity contribution in [3.8, 4) is 0 Å². The van der Waals surface area contributed by atoms with Gasteiger partial charge in [0.25, 0.3) is 0 Å². The van der Waals surface area contributed by atoms with Crippen molar-refractivity contribution in [2.75, 3.05) is 17.8 Å². The summed E-state index contributed by atoms with van der Waals surface area (Å²) in [4.78, 5) is 55.0. The van der Waals surface area contributed by atoms with Crippen molar-refractivity contribution in [3.63, 3.8) is 0 Å². The highest BCUT2D eigenvalue weighted by Gasteiger charge is 2.28. The van der Waals surface area contributed by atoms with Gasteiger partial charge in [-0.25, -0.2) is 4.98 Å². The molecule has 0 radical (unpaired) electrons. The molecule has 30 heavy (non-hydrogen) atoms. The lowest BCUT2D eigenvalue weighted by atomic mass is 10.1. The van der Waals surface area contributed by atoms with Crippen molar-refractivity contribution in [1.82, 2.24) is 25.9 Å². The largest absolute Gasteiger partial charge is 0.480 e. The van der Waals surface area contributed by atoms with Crippen LogP contribution >= 0.6 is 24.4 Å². The van der Waals surface area contributed by atoms with Crippen molar-refractivity contribution in [1.29, 1.82) is 0 Å². The average Bonchev–Trinajstić information content (AvgIpc) is 3.21. The standard InChI is InChI=1S/C17H28N6O5S2/c1-9(17(27)28)21-15(25)12(3-4-30-2)22-16(26)13(7-29)23-14(24)11(18)5-10-6-19-8-20-10/h6,8-9,11-13,29H,3-5,7,18H2,1-2H3,(H,19,20)(H,21,25)(H,22,26)(H,23,24)(H,27,28). The Labute approximate surface area is 184 Å². The molecule has 0 fully saturated rings. The molecule has 0 saturated heterocycles. The summed E-state index contributed by atoms with van der Waals surface area (Å²) in [6.45, 7) is 1.32. The van der Waals surface area contributed by atoms with E-state index in [-0.39, 0.29) is 18.6 Å². The third-order valence-corrected chi connectivity index (χ3v) is 5.13. The zero-order chi connectivity index (χ0) is 22.7. The molecule has 0 saturated carbocycles. The van der Waals surface area contributed by atoms with Crippen molar-refractivity contribution in [2.24, 2.45) is 5.73 Å². The molecule has 1 aromatic rings. The lowest BCUT2D eigenvalue weighted by Crippen LogP contribution is -2.57. The second kappa shape index (κ2) is 13.1. The number of hydrogen-bond donors (Lipinski definition) is 7. The molecule has 3 amide bonds. The lowest BCUT2D eigenvalue weighted by Gasteiger charge is -2.23. The van der Waals surface area contributed by atoms with E-state index in [4.69, 9.17) is 10.8 Å². The van der Waals surface area contributed by atoms with Gasteiger partial charge in [0.1, 0.15) is 18.1 Å². The maximum atomic E-state index is 12.6. The molecule has 11 nitrogen and oxygen atoms in total. The summed E-state index contributed by atoms with van der Waals surface area (Å²) < 4.78 is 0. The van der Waals surface area contributed by atoms with E-state index in [9.17, 15) is 19.2 Å². The molecule has 1 aromatic heterocycles. The number of H-pyrrole nitrogens is 1. The highest BCUT2D eigenvalue weighted by molar-refractivity contribution is 7.98. The Bertz CT molecular complexity index is 718. The van der Waals surface area contributed by atoms with Crippen LogP contribution in [0.25, 0.3) is 0 Å². The zero-order valence-corrected chi connectivity index (χ0v) is 18.5. The molecule has 0 aliphatic carbocycles. The number of imidazole rings is 1. The number of amides is 3. The smallest absolute Gasteiger partial charge is 0.325 e. The Morgan fingerprint density at radius 2 is 1.83 bits per heavy atom. The fourth-order valence-electron chi connectivity index (χ4n) is 2.35. The van der Waals surface area contributed by atoms with Crippen molar-refractivity contribution in [3.05, 3.63) is 18.2 Å². The first-order valence-electron chi connectivity index (χ1n) is 9.16. The fourth-order valence-corrected chi connectivity index (χ4v) is 3.08. The third kappa shape index (κ3) is 8.63. The molecule has 4 atom stereocenters. The Kier molecular flexibility index (Phi) is 11.3. The number of thioether (sulfide) groups is 1. The molecule has 0 aromatic carbocycles. The van der Waals surface area contributed by atoms with Crippen LogP contribution in [0.2, 0.25) is 0 Å². The van der Waals surface area contributed by atoms with Gasteiger partial charge in [-0.2, -0.15) is 24.4 Å². The number of nitrogens with one attached hydrogen (secondary N) is 4. The van der Waals surface area contributed by atoms with Gasteiger partial charge >= 0.3 is 5.97 Å². The quantitative estimate of drug-likeness (QED) is 0.174. The summed E-state index contributed by atoms with van der Waals surface area (Å²) >= 11 is 5.57. The van der Waals surface area contributed by atoms with Gasteiger partial charge in [-0.1, -0.05) is 0 Å². The van der Waals surface area contributed by atoms with Crippen LogP contribution < -0.4 is 21.7 Å². The van der Waals surface area contributed by atoms with Crippen LogP contribution in [0.3, 0.4) is 0 Å². The Morgan fingerprint density at radius 3 is 2.37 bits per heavy atom. The first-order valence-corrected chi connectivity index (χ1v) is 11.2. The predicted octanol–water partition coefficient (Wildman–Crippen LogP) is -1.48. The summed E-state index contributed by atoms with van der Waals surface area (Å²) in [5.41, 5.74) is 6.54. The molecule has 1 heterocycles. The highest BCUT2D eigenvalue weighted by Crippen LogP contribution is 2.04. The second-order valence-electron chi connectivity index (χ2n) is 6.54. The Hall–Kier alpha value is -2.25. The van der Waals surface area contributed by atoms with Gasteiger partial charge in [-0.3, -0.25) is 19.2 Å². The lowest BCUT2D eigenvalue weighted by molar-refractivity contribution is -0.141. The van der Waals surface area contributed by atoms with Gasteiger partial charge in [0.2, 0.25) is 17.7 Å². The van der Waals surface area contributed by atoms with Gasteiger partial charge in [-0.15, -0.1) is 0 Å². The molecular formula is C17H28N6O5S2. The van der Waals surface area contributed by atoms with E-state index in [1.54, 1.807) is 6.20 Å². The zero-order valence-electron chi connectivity index (χ0n) is 16.8. The molecule has 4 unspecified atom stereocenters. The number of carbonyl (C=O) groups excluding carboxylic acids is 3. The number of carboxylic acid groups (broad SMARTS) is 1. The summed E-state index contributed by atoms with van der Waals surface area (Å²) in [6.07, 6.45) is 5.35. The number of aromatic nitrogens is 2. The number of nitrogens with zero attached hydrogens (tertiary/aromatic N) is 1. The molecule has 0 spiro atoms. The highest BCUT2D eigenvalue weighted by atomic mass is 32.2.